The molecule has 6 aromatic rings. The molecule has 2 amide bonds. The Bertz CT molecular complexity index is 2210. The lowest BCUT2D eigenvalue weighted by Crippen LogP contribution is -2.29. The van der Waals surface area contributed by atoms with Crippen molar-refractivity contribution in [2.75, 3.05) is 9.80 Å². The van der Waals surface area contributed by atoms with Crippen LogP contribution in [0.3, 0.4) is 0 Å². The largest absolute Gasteiger partial charge is 0.310 e. The Balaban J connectivity index is 1.18. The van der Waals surface area contributed by atoms with Crippen molar-refractivity contribution in [2.24, 2.45) is 0 Å². The lowest BCUT2D eigenvalue weighted by Gasteiger charge is -2.30. The first-order valence-electron chi connectivity index (χ1n) is 16.5. The predicted octanol–water partition coefficient (Wildman–Crippen LogP) is 10.6. The molecule has 0 unspecified atom stereocenters. The van der Waals surface area contributed by atoms with Crippen molar-refractivity contribution in [2.45, 2.75) is 38.5 Å². The van der Waals surface area contributed by atoms with Gasteiger partial charge in [-0.3, -0.25) is 9.59 Å². The molecule has 0 saturated carbocycles. The molecule has 0 aromatic heterocycles. The number of fused-ring (bicyclic) bond motifs is 7. The summed E-state index contributed by atoms with van der Waals surface area (Å²) in [5.41, 5.74) is 14.6. The number of hydrogen-bond donors (Lipinski definition) is 0. The molecule has 0 spiro atoms. The van der Waals surface area contributed by atoms with Crippen LogP contribution in [0.1, 0.15) is 70.7 Å². The van der Waals surface area contributed by atoms with Gasteiger partial charge in [0.15, 0.2) is 0 Å². The Morgan fingerprint density at radius 3 is 1.25 bits per heavy atom. The van der Waals surface area contributed by atoms with Gasteiger partial charge in [-0.05, 0) is 105 Å². The Hall–Kier alpha value is -5.74. The Kier molecular flexibility index (Phi) is 5.86. The standard InChI is InChI=1S/C44H34N2O2/c1-43(2)37-15-9-7-11-31(37)33-23-21-29(25-39(33)43)45(30-22-24-34-32-12-8-10-16-38(32)44(3,4)40(34)26-30)27-17-19-28(20-18-27)46-41(47)35-13-5-6-14-36(35)42(46)48/h5-26H,1-4H3. The van der Waals surface area contributed by atoms with Gasteiger partial charge in [0.1, 0.15) is 0 Å². The molecule has 0 radical (unpaired) electrons. The molecule has 0 fully saturated rings. The van der Waals surface area contributed by atoms with Gasteiger partial charge in [0.05, 0.1) is 16.8 Å². The van der Waals surface area contributed by atoms with Crippen molar-refractivity contribution in [3.63, 3.8) is 0 Å². The monoisotopic (exact) mass is 622 g/mol. The molecule has 0 saturated heterocycles. The molecular weight excluding hydrogens is 588 g/mol. The van der Waals surface area contributed by atoms with E-state index in [1.807, 2.05) is 24.3 Å². The molecule has 48 heavy (non-hydrogen) atoms. The van der Waals surface area contributed by atoms with Gasteiger partial charge in [-0.25, -0.2) is 4.90 Å². The number of carbonyl (C=O) groups excluding carboxylic acids is 2. The normalized spacial score (nSPS) is 15.9. The zero-order chi connectivity index (χ0) is 32.9. The molecule has 3 aliphatic rings. The smallest absolute Gasteiger partial charge is 0.266 e. The van der Waals surface area contributed by atoms with Crippen molar-refractivity contribution in [3.05, 3.63) is 167 Å². The molecule has 9 rings (SSSR count). The SMILES string of the molecule is CC1(C)c2ccccc2-c2ccc(N(c3ccc(N4C(=O)c5ccccc5C4=O)cc3)c3ccc4c(c3)C(C)(C)c3ccccc3-4)cc21. The van der Waals surface area contributed by atoms with Gasteiger partial charge in [-0.2, -0.15) is 0 Å². The number of benzene rings is 6. The first-order valence-corrected chi connectivity index (χ1v) is 16.5. The number of imide groups is 1. The molecule has 0 atom stereocenters. The van der Waals surface area contributed by atoms with Crippen LogP contribution in [0.15, 0.2) is 133 Å². The molecule has 1 aliphatic heterocycles. The van der Waals surface area contributed by atoms with Gasteiger partial charge in [-0.1, -0.05) is 100 Å². The van der Waals surface area contributed by atoms with E-state index in [2.05, 4.69) is 118 Å². The van der Waals surface area contributed by atoms with E-state index in [0.29, 0.717) is 16.8 Å². The molecule has 4 heteroatoms. The van der Waals surface area contributed by atoms with E-state index >= 15 is 0 Å². The number of rotatable bonds is 4. The summed E-state index contributed by atoms with van der Waals surface area (Å²) in [6.45, 7) is 9.21. The summed E-state index contributed by atoms with van der Waals surface area (Å²) in [6, 6.07) is 45.8. The van der Waals surface area contributed by atoms with Crippen molar-refractivity contribution in [1.29, 1.82) is 0 Å². The highest BCUT2D eigenvalue weighted by molar-refractivity contribution is 6.34. The van der Waals surface area contributed by atoms with Crippen LogP contribution in [0.25, 0.3) is 22.3 Å². The van der Waals surface area contributed by atoms with Crippen molar-refractivity contribution in [3.8, 4) is 22.3 Å². The third-order valence-electron chi connectivity index (χ3n) is 10.8. The molecule has 6 aromatic carbocycles. The Morgan fingerprint density at radius 1 is 0.417 bits per heavy atom. The number of hydrogen-bond acceptors (Lipinski definition) is 3. The van der Waals surface area contributed by atoms with Gasteiger partial charge in [0.2, 0.25) is 0 Å². The first-order chi connectivity index (χ1) is 23.2. The van der Waals surface area contributed by atoms with E-state index in [9.17, 15) is 9.59 Å². The van der Waals surface area contributed by atoms with Gasteiger partial charge in [0.25, 0.3) is 11.8 Å². The molecule has 232 valence electrons. The van der Waals surface area contributed by atoms with Crippen LogP contribution >= 0.6 is 0 Å². The molecule has 2 aliphatic carbocycles. The average Bonchev–Trinajstić information content (AvgIpc) is 3.60. The molecule has 0 bridgehead atoms. The average molecular weight is 623 g/mol. The van der Waals surface area contributed by atoms with E-state index in [-0.39, 0.29) is 22.6 Å². The summed E-state index contributed by atoms with van der Waals surface area (Å²) in [5.74, 6) is -0.581. The summed E-state index contributed by atoms with van der Waals surface area (Å²) < 4.78 is 0. The van der Waals surface area contributed by atoms with Crippen LogP contribution in [-0.2, 0) is 10.8 Å². The Morgan fingerprint density at radius 2 is 0.792 bits per heavy atom. The first kappa shape index (κ1) is 28.5. The van der Waals surface area contributed by atoms with E-state index in [1.165, 1.54) is 49.4 Å². The lowest BCUT2D eigenvalue weighted by molar-refractivity contribution is 0.0926. The fourth-order valence-corrected chi connectivity index (χ4v) is 8.28. The highest BCUT2D eigenvalue weighted by Crippen LogP contribution is 2.53. The zero-order valence-corrected chi connectivity index (χ0v) is 27.4. The van der Waals surface area contributed by atoms with Crippen LogP contribution in [0.2, 0.25) is 0 Å². The van der Waals surface area contributed by atoms with E-state index in [4.69, 9.17) is 0 Å². The third-order valence-corrected chi connectivity index (χ3v) is 10.8. The van der Waals surface area contributed by atoms with Gasteiger partial charge < -0.3 is 4.90 Å². The minimum atomic E-state index is -0.291. The fraction of sp³-hybridized carbons (Fsp3) is 0.136. The maximum atomic E-state index is 13.3. The van der Waals surface area contributed by atoms with Gasteiger partial charge in [0, 0.05) is 27.9 Å². The summed E-state index contributed by atoms with van der Waals surface area (Å²) in [4.78, 5) is 30.2. The number of carbonyl (C=O) groups is 2. The third kappa shape index (κ3) is 3.83. The number of amides is 2. The summed E-state index contributed by atoms with van der Waals surface area (Å²) >= 11 is 0. The van der Waals surface area contributed by atoms with Gasteiger partial charge in [-0.15, -0.1) is 0 Å². The van der Waals surface area contributed by atoms with E-state index in [1.54, 1.807) is 24.3 Å². The van der Waals surface area contributed by atoms with Crippen LogP contribution in [0, 0.1) is 0 Å². The second-order valence-electron chi connectivity index (χ2n) is 14.1. The minimum absolute atomic E-state index is 0.148. The number of anilines is 4. The predicted molar refractivity (Wildman–Crippen MR) is 194 cm³/mol. The summed E-state index contributed by atoms with van der Waals surface area (Å²) in [6.07, 6.45) is 0. The van der Waals surface area contributed by atoms with E-state index < -0.39 is 0 Å². The quantitative estimate of drug-likeness (QED) is 0.184. The topological polar surface area (TPSA) is 40.6 Å². The van der Waals surface area contributed by atoms with Crippen LogP contribution in [0.5, 0.6) is 0 Å². The molecule has 1 heterocycles. The van der Waals surface area contributed by atoms with Gasteiger partial charge >= 0.3 is 0 Å². The number of nitrogens with zero attached hydrogens (tertiary/aromatic N) is 2. The van der Waals surface area contributed by atoms with Crippen LogP contribution in [-0.4, -0.2) is 11.8 Å². The van der Waals surface area contributed by atoms with Crippen molar-refractivity contribution < 1.29 is 9.59 Å². The maximum Gasteiger partial charge on any atom is 0.266 e. The molecule has 4 nitrogen and oxygen atoms in total. The van der Waals surface area contributed by atoms with E-state index in [0.717, 1.165) is 17.1 Å². The zero-order valence-electron chi connectivity index (χ0n) is 27.4. The maximum absolute atomic E-state index is 13.3. The summed E-state index contributed by atoms with van der Waals surface area (Å²) in [7, 11) is 0. The van der Waals surface area contributed by atoms with Crippen molar-refractivity contribution >= 4 is 34.6 Å². The van der Waals surface area contributed by atoms with Crippen LogP contribution in [0.4, 0.5) is 22.7 Å². The summed E-state index contributed by atoms with van der Waals surface area (Å²) in [5, 5.41) is 0. The second-order valence-corrected chi connectivity index (χ2v) is 14.1. The molecule has 0 N–H and O–H groups in total. The fourth-order valence-electron chi connectivity index (χ4n) is 8.28. The van der Waals surface area contributed by atoms with Crippen molar-refractivity contribution in [1.82, 2.24) is 0 Å². The minimum Gasteiger partial charge on any atom is -0.310 e. The Labute approximate surface area is 280 Å². The lowest BCUT2D eigenvalue weighted by atomic mass is 9.82. The second kappa shape index (κ2) is 9.88. The molecular formula is C44H34N2O2. The highest BCUT2D eigenvalue weighted by atomic mass is 16.2. The van der Waals surface area contributed by atoms with Crippen LogP contribution < -0.4 is 9.80 Å². The highest BCUT2D eigenvalue weighted by Gasteiger charge is 2.39.